The average Bonchev–Trinajstić information content (AvgIpc) is 3.31. The number of para-hydroxylation sites is 1. The number of esters is 1. The van der Waals surface area contributed by atoms with E-state index >= 15 is 0 Å². The molecule has 0 spiro atoms. The highest BCUT2D eigenvalue weighted by Crippen LogP contribution is 2.34. The maximum absolute atomic E-state index is 12.8. The van der Waals surface area contributed by atoms with Crippen molar-refractivity contribution in [2.75, 3.05) is 12.1 Å². The molecular weight excluding hydrogens is 386 g/mol. The summed E-state index contributed by atoms with van der Waals surface area (Å²) in [6, 6.07) is 14.6. The molecule has 0 saturated carbocycles. The first-order chi connectivity index (χ1) is 14.4. The molecule has 0 bridgehead atoms. The molecule has 30 heavy (non-hydrogen) atoms. The van der Waals surface area contributed by atoms with Gasteiger partial charge in [-0.15, -0.1) is 0 Å². The number of carbonyl (C=O) groups is 2. The summed E-state index contributed by atoms with van der Waals surface area (Å²) >= 11 is 0. The maximum atomic E-state index is 12.8. The van der Waals surface area contributed by atoms with E-state index in [-0.39, 0.29) is 6.79 Å². The smallest absolute Gasteiger partial charge is 0.342 e. The van der Waals surface area contributed by atoms with Gasteiger partial charge in [0.1, 0.15) is 5.56 Å². The number of fused-ring (bicyclic) bond motifs is 1. The van der Waals surface area contributed by atoms with E-state index < -0.39 is 18.0 Å². The summed E-state index contributed by atoms with van der Waals surface area (Å²) in [5.41, 5.74) is 2.89. The third-order valence-corrected chi connectivity index (χ3v) is 4.79. The number of anilines is 1. The van der Waals surface area contributed by atoms with Crippen LogP contribution in [0.15, 0.2) is 48.5 Å². The molecule has 2 heterocycles. The van der Waals surface area contributed by atoms with Crippen LogP contribution in [-0.2, 0) is 9.53 Å². The summed E-state index contributed by atoms with van der Waals surface area (Å²) in [7, 11) is 0. The third-order valence-electron chi connectivity index (χ3n) is 4.79. The molecule has 3 aromatic rings. The second kappa shape index (κ2) is 7.90. The lowest BCUT2D eigenvalue weighted by molar-refractivity contribution is -0.123. The van der Waals surface area contributed by atoms with Crippen LogP contribution in [-0.4, -0.2) is 34.6 Å². The zero-order valence-corrected chi connectivity index (χ0v) is 16.8. The molecule has 0 unspecified atom stereocenters. The Hall–Kier alpha value is -3.81. The lowest BCUT2D eigenvalue weighted by Gasteiger charge is -2.14. The number of carbonyl (C=O) groups excluding carboxylic acids is 2. The molecule has 1 aliphatic rings. The standard InChI is InChI=1S/C22H21N3O5/c1-13-20(14(2)25(24-13)17-7-5-4-6-8-17)22(27)30-15(3)21(26)23-16-9-10-18-19(11-16)29-12-28-18/h4-11,15H,12H2,1-3H3,(H,23,26)/t15-/m0/s1. The van der Waals surface area contributed by atoms with Gasteiger partial charge >= 0.3 is 5.97 Å². The van der Waals surface area contributed by atoms with Gasteiger partial charge in [0.05, 0.1) is 17.1 Å². The highest BCUT2D eigenvalue weighted by atomic mass is 16.7. The van der Waals surface area contributed by atoms with Crippen LogP contribution in [0.2, 0.25) is 0 Å². The summed E-state index contributed by atoms with van der Waals surface area (Å²) in [6.07, 6.45) is -0.998. The molecule has 4 rings (SSSR count). The SMILES string of the molecule is Cc1nn(-c2ccccc2)c(C)c1C(=O)O[C@@H](C)C(=O)Nc1ccc2c(c1)OCO2. The first kappa shape index (κ1) is 19.5. The van der Waals surface area contributed by atoms with Gasteiger partial charge in [-0.2, -0.15) is 5.10 Å². The Morgan fingerprint density at radius 1 is 1.10 bits per heavy atom. The van der Waals surface area contributed by atoms with Crippen molar-refractivity contribution in [3.8, 4) is 17.2 Å². The Kier molecular flexibility index (Phi) is 5.14. The lowest BCUT2D eigenvalue weighted by atomic mass is 10.2. The fourth-order valence-corrected chi connectivity index (χ4v) is 3.25. The van der Waals surface area contributed by atoms with Gasteiger partial charge in [0.25, 0.3) is 5.91 Å². The Bertz CT molecular complexity index is 1110. The van der Waals surface area contributed by atoms with Crippen molar-refractivity contribution < 1.29 is 23.8 Å². The van der Waals surface area contributed by atoms with Gasteiger partial charge in [-0.1, -0.05) is 18.2 Å². The number of aryl methyl sites for hydroxylation is 1. The Labute approximate surface area is 173 Å². The molecular formula is C22H21N3O5. The van der Waals surface area contributed by atoms with Crippen molar-refractivity contribution >= 4 is 17.6 Å². The number of nitrogens with zero attached hydrogens (tertiary/aromatic N) is 2. The van der Waals surface area contributed by atoms with E-state index in [9.17, 15) is 9.59 Å². The minimum atomic E-state index is -0.998. The van der Waals surface area contributed by atoms with E-state index in [4.69, 9.17) is 14.2 Å². The van der Waals surface area contributed by atoms with Crippen LogP contribution >= 0.6 is 0 Å². The van der Waals surface area contributed by atoms with Crippen LogP contribution in [0.1, 0.15) is 28.7 Å². The quantitative estimate of drug-likeness (QED) is 0.652. The molecule has 1 amide bonds. The molecule has 1 N–H and O–H groups in total. The first-order valence-electron chi connectivity index (χ1n) is 9.47. The highest BCUT2D eigenvalue weighted by molar-refractivity contribution is 5.98. The van der Waals surface area contributed by atoms with Crippen LogP contribution in [0.5, 0.6) is 11.5 Å². The van der Waals surface area contributed by atoms with Crippen molar-refractivity contribution in [3.63, 3.8) is 0 Å². The number of benzene rings is 2. The van der Waals surface area contributed by atoms with Crippen LogP contribution in [0.4, 0.5) is 5.69 Å². The number of aromatic nitrogens is 2. The predicted molar refractivity (Wildman–Crippen MR) is 109 cm³/mol. The van der Waals surface area contributed by atoms with Crippen LogP contribution in [0.3, 0.4) is 0 Å². The number of ether oxygens (including phenoxy) is 3. The van der Waals surface area contributed by atoms with Crippen molar-refractivity contribution in [2.24, 2.45) is 0 Å². The van der Waals surface area contributed by atoms with Crippen molar-refractivity contribution in [3.05, 3.63) is 65.5 Å². The van der Waals surface area contributed by atoms with Crippen molar-refractivity contribution in [1.82, 2.24) is 9.78 Å². The van der Waals surface area contributed by atoms with E-state index in [0.29, 0.717) is 34.1 Å². The van der Waals surface area contributed by atoms with Crippen LogP contribution in [0, 0.1) is 13.8 Å². The molecule has 1 aliphatic heterocycles. The fourth-order valence-electron chi connectivity index (χ4n) is 3.25. The maximum Gasteiger partial charge on any atom is 0.342 e. The molecule has 1 aromatic heterocycles. The summed E-state index contributed by atoms with van der Waals surface area (Å²) in [4.78, 5) is 25.3. The van der Waals surface area contributed by atoms with Gasteiger partial charge in [-0.3, -0.25) is 4.79 Å². The molecule has 154 valence electrons. The van der Waals surface area contributed by atoms with Gasteiger partial charge < -0.3 is 19.5 Å². The Balaban J connectivity index is 1.46. The van der Waals surface area contributed by atoms with E-state index in [1.807, 2.05) is 30.3 Å². The Morgan fingerprint density at radius 3 is 2.60 bits per heavy atom. The summed E-state index contributed by atoms with van der Waals surface area (Å²) < 4.78 is 17.6. The van der Waals surface area contributed by atoms with E-state index in [2.05, 4.69) is 10.4 Å². The topological polar surface area (TPSA) is 91.7 Å². The normalized spacial score (nSPS) is 13.0. The largest absolute Gasteiger partial charge is 0.454 e. The molecule has 0 aliphatic carbocycles. The minimum Gasteiger partial charge on any atom is -0.454 e. The molecule has 0 fully saturated rings. The molecule has 0 saturated heterocycles. The minimum absolute atomic E-state index is 0.149. The summed E-state index contributed by atoms with van der Waals surface area (Å²) in [5.74, 6) is 0.124. The zero-order valence-electron chi connectivity index (χ0n) is 16.8. The van der Waals surface area contributed by atoms with Crippen LogP contribution in [0.25, 0.3) is 5.69 Å². The van der Waals surface area contributed by atoms with Gasteiger partial charge in [0, 0.05) is 11.8 Å². The highest BCUT2D eigenvalue weighted by Gasteiger charge is 2.25. The monoisotopic (exact) mass is 407 g/mol. The van der Waals surface area contributed by atoms with Gasteiger partial charge in [0.15, 0.2) is 17.6 Å². The lowest BCUT2D eigenvalue weighted by Crippen LogP contribution is -2.30. The summed E-state index contributed by atoms with van der Waals surface area (Å²) in [5, 5.41) is 7.16. The van der Waals surface area contributed by atoms with Gasteiger partial charge in [-0.25, -0.2) is 9.48 Å². The second-order valence-corrected chi connectivity index (χ2v) is 6.90. The second-order valence-electron chi connectivity index (χ2n) is 6.90. The van der Waals surface area contributed by atoms with Crippen molar-refractivity contribution in [1.29, 1.82) is 0 Å². The molecule has 1 atom stereocenters. The Morgan fingerprint density at radius 2 is 1.83 bits per heavy atom. The van der Waals surface area contributed by atoms with Gasteiger partial charge in [-0.05, 0) is 45.0 Å². The van der Waals surface area contributed by atoms with E-state index in [0.717, 1.165) is 5.69 Å². The summed E-state index contributed by atoms with van der Waals surface area (Å²) in [6.45, 7) is 5.20. The average molecular weight is 407 g/mol. The molecule has 2 aromatic carbocycles. The fraction of sp³-hybridized carbons (Fsp3) is 0.227. The van der Waals surface area contributed by atoms with E-state index in [1.54, 1.807) is 36.7 Å². The number of nitrogens with one attached hydrogen (secondary N) is 1. The van der Waals surface area contributed by atoms with Crippen molar-refractivity contribution in [2.45, 2.75) is 26.9 Å². The van der Waals surface area contributed by atoms with Gasteiger partial charge in [0.2, 0.25) is 6.79 Å². The number of rotatable bonds is 5. The number of hydrogen-bond acceptors (Lipinski definition) is 6. The molecule has 8 nitrogen and oxygen atoms in total. The number of amides is 1. The molecule has 8 heteroatoms. The predicted octanol–water partition coefficient (Wildman–Crippen LogP) is 3.40. The number of hydrogen-bond donors (Lipinski definition) is 1. The molecule has 0 radical (unpaired) electrons. The van der Waals surface area contributed by atoms with E-state index in [1.165, 1.54) is 6.92 Å². The van der Waals surface area contributed by atoms with Crippen LogP contribution < -0.4 is 14.8 Å². The first-order valence-corrected chi connectivity index (χ1v) is 9.47. The zero-order chi connectivity index (χ0) is 21.3. The third kappa shape index (κ3) is 3.71.